The Labute approximate surface area is 152 Å². The first-order valence-corrected chi connectivity index (χ1v) is 8.01. The fourth-order valence-corrected chi connectivity index (χ4v) is 2.85. The van der Waals surface area contributed by atoms with Crippen molar-refractivity contribution in [3.05, 3.63) is 65.2 Å². The standard InChI is InChI=1S/C21H13F5O/c1-3-12-5-7-16(18(22)9-12)14-6-8-17-15(11-14)10-13(4-2)20(19(17)23)27-21(24,25)26/h2,5-11H,3H2,1H3. The molecule has 0 heterocycles. The minimum absolute atomic E-state index is 0.109. The third kappa shape index (κ3) is 3.72. The van der Waals surface area contributed by atoms with Crippen LogP contribution in [0.3, 0.4) is 0 Å². The van der Waals surface area contributed by atoms with Crippen LogP contribution in [0.4, 0.5) is 22.0 Å². The Morgan fingerprint density at radius 2 is 1.78 bits per heavy atom. The van der Waals surface area contributed by atoms with Crippen LogP contribution in [0.15, 0.2) is 42.5 Å². The minimum Gasteiger partial charge on any atom is -0.401 e. The van der Waals surface area contributed by atoms with Crippen molar-refractivity contribution in [3.8, 4) is 29.2 Å². The summed E-state index contributed by atoms with van der Waals surface area (Å²) in [6.45, 7) is 1.90. The summed E-state index contributed by atoms with van der Waals surface area (Å²) in [6.07, 6.45) is 0.806. The van der Waals surface area contributed by atoms with E-state index < -0.39 is 23.7 Å². The van der Waals surface area contributed by atoms with E-state index >= 15 is 0 Å². The molecule has 0 aliphatic heterocycles. The van der Waals surface area contributed by atoms with Gasteiger partial charge in [-0.1, -0.05) is 37.1 Å². The summed E-state index contributed by atoms with van der Waals surface area (Å²) in [5.41, 5.74) is 1.20. The zero-order chi connectivity index (χ0) is 19.8. The highest BCUT2D eigenvalue weighted by Gasteiger charge is 2.34. The first-order chi connectivity index (χ1) is 12.7. The second-order valence-electron chi connectivity index (χ2n) is 5.86. The lowest BCUT2D eigenvalue weighted by molar-refractivity contribution is -0.275. The molecule has 0 unspecified atom stereocenters. The number of hydrogen-bond acceptors (Lipinski definition) is 1. The van der Waals surface area contributed by atoms with Gasteiger partial charge in [0.1, 0.15) is 5.82 Å². The van der Waals surface area contributed by atoms with E-state index in [1.165, 1.54) is 30.3 Å². The summed E-state index contributed by atoms with van der Waals surface area (Å²) < 4.78 is 70.2. The van der Waals surface area contributed by atoms with Crippen molar-refractivity contribution in [2.45, 2.75) is 19.7 Å². The molecule has 0 saturated heterocycles. The molecular formula is C21H13F5O. The topological polar surface area (TPSA) is 9.23 Å². The van der Waals surface area contributed by atoms with Gasteiger partial charge >= 0.3 is 6.36 Å². The summed E-state index contributed by atoms with van der Waals surface area (Å²) in [6, 6.07) is 10.2. The smallest absolute Gasteiger partial charge is 0.401 e. The number of aryl methyl sites for hydroxylation is 1. The van der Waals surface area contributed by atoms with E-state index in [1.54, 1.807) is 12.1 Å². The average Bonchev–Trinajstić information content (AvgIpc) is 2.62. The molecule has 0 aromatic heterocycles. The lowest BCUT2D eigenvalue weighted by atomic mass is 9.97. The van der Waals surface area contributed by atoms with E-state index in [0.29, 0.717) is 17.5 Å². The molecule has 0 bridgehead atoms. The predicted molar refractivity (Wildman–Crippen MR) is 93.3 cm³/mol. The second-order valence-corrected chi connectivity index (χ2v) is 5.86. The molecule has 6 heteroatoms. The molecule has 27 heavy (non-hydrogen) atoms. The van der Waals surface area contributed by atoms with Crippen LogP contribution in [0, 0.1) is 24.0 Å². The van der Waals surface area contributed by atoms with Gasteiger partial charge in [-0.05, 0) is 41.1 Å². The van der Waals surface area contributed by atoms with Gasteiger partial charge in [-0.3, -0.25) is 0 Å². The van der Waals surface area contributed by atoms with Crippen LogP contribution in [0.2, 0.25) is 0 Å². The van der Waals surface area contributed by atoms with Crippen LogP contribution >= 0.6 is 0 Å². The lowest BCUT2D eigenvalue weighted by Gasteiger charge is -2.14. The molecule has 0 amide bonds. The van der Waals surface area contributed by atoms with Gasteiger partial charge in [0, 0.05) is 10.9 Å². The Kier molecular flexibility index (Phi) is 4.79. The Bertz CT molecular complexity index is 1060. The first kappa shape index (κ1) is 18.7. The van der Waals surface area contributed by atoms with Crippen LogP contribution in [0.5, 0.6) is 5.75 Å². The molecular weight excluding hydrogens is 363 g/mol. The van der Waals surface area contributed by atoms with Crippen LogP contribution in [-0.4, -0.2) is 6.36 Å². The van der Waals surface area contributed by atoms with Crippen LogP contribution in [0.1, 0.15) is 18.1 Å². The highest BCUT2D eigenvalue weighted by Crippen LogP contribution is 2.36. The SMILES string of the molecule is C#Cc1cc2cc(-c3ccc(CC)cc3F)ccc2c(F)c1OC(F)(F)F. The number of alkyl halides is 3. The molecule has 0 aliphatic carbocycles. The molecule has 0 radical (unpaired) electrons. The third-order valence-corrected chi connectivity index (χ3v) is 4.16. The molecule has 1 nitrogen and oxygen atoms in total. The summed E-state index contributed by atoms with van der Waals surface area (Å²) >= 11 is 0. The number of halogens is 5. The van der Waals surface area contributed by atoms with Crippen LogP contribution in [-0.2, 0) is 6.42 Å². The van der Waals surface area contributed by atoms with E-state index in [9.17, 15) is 22.0 Å². The maximum atomic E-state index is 14.6. The monoisotopic (exact) mass is 376 g/mol. The lowest BCUT2D eigenvalue weighted by Crippen LogP contribution is -2.19. The fraction of sp³-hybridized carbons (Fsp3) is 0.143. The van der Waals surface area contributed by atoms with E-state index in [1.807, 2.05) is 12.8 Å². The van der Waals surface area contributed by atoms with Crippen LogP contribution < -0.4 is 4.74 Å². The first-order valence-electron chi connectivity index (χ1n) is 8.01. The molecule has 3 aromatic carbocycles. The van der Waals surface area contributed by atoms with Gasteiger partial charge in [-0.2, -0.15) is 0 Å². The highest BCUT2D eigenvalue weighted by molar-refractivity contribution is 5.90. The highest BCUT2D eigenvalue weighted by atomic mass is 19.4. The van der Waals surface area contributed by atoms with Crippen molar-refractivity contribution in [2.75, 3.05) is 0 Å². The van der Waals surface area contributed by atoms with E-state index in [-0.39, 0.29) is 16.3 Å². The number of fused-ring (bicyclic) bond motifs is 1. The zero-order valence-electron chi connectivity index (χ0n) is 14.1. The summed E-state index contributed by atoms with van der Waals surface area (Å²) in [7, 11) is 0. The Balaban J connectivity index is 2.17. The number of benzene rings is 3. The summed E-state index contributed by atoms with van der Waals surface area (Å²) in [4.78, 5) is 0. The second kappa shape index (κ2) is 6.92. The van der Waals surface area contributed by atoms with Gasteiger partial charge < -0.3 is 4.74 Å². The summed E-state index contributed by atoms with van der Waals surface area (Å²) in [5.74, 6) is -0.712. The molecule has 0 aliphatic rings. The van der Waals surface area contributed by atoms with Crippen molar-refractivity contribution >= 4 is 10.8 Å². The maximum absolute atomic E-state index is 14.6. The van der Waals surface area contributed by atoms with Crippen molar-refractivity contribution in [2.24, 2.45) is 0 Å². The quantitative estimate of drug-likeness (QED) is 0.389. The van der Waals surface area contributed by atoms with Gasteiger partial charge in [0.15, 0.2) is 11.6 Å². The van der Waals surface area contributed by atoms with Gasteiger partial charge in [0.2, 0.25) is 0 Å². The molecule has 0 atom stereocenters. The Morgan fingerprint density at radius 1 is 1.04 bits per heavy atom. The minimum atomic E-state index is -5.08. The van der Waals surface area contributed by atoms with Crippen molar-refractivity contribution in [3.63, 3.8) is 0 Å². The molecule has 0 fully saturated rings. The molecule has 3 aromatic rings. The predicted octanol–water partition coefficient (Wildman–Crippen LogP) is 6.23. The van der Waals surface area contributed by atoms with Gasteiger partial charge in [0.05, 0.1) is 5.56 Å². The number of hydrogen-bond donors (Lipinski definition) is 0. The van der Waals surface area contributed by atoms with E-state index in [4.69, 9.17) is 6.42 Å². The van der Waals surface area contributed by atoms with Gasteiger partial charge in [-0.25, -0.2) is 8.78 Å². The third-order valence-electron chi connectivity index (χ3n) is 4.16. The fourth-order valence-electron chi connectivity index (χ4n) is 2.85. The molecule has 3 rings (SSSR count). The van der Waals surface area contributed by atoms with Crippen LogP contribution in [0.25, 0.3) is 21.9 Å². The normalized spacial score (nSPS) is 11.4. The molecule has 0 saturated carbocycles. The Morgan fingerprint density at radius 3 is 2.37 bits per heavy atom. The average molecular weight is 376 g/mol. The maximum Gasteiger partial charge on any atom is 0.573 e. The summed E-state index contributed by atoms with van der Waals surface area (Å²) in [5, 5.41) is 0.133. The Hall–Kier alpha value is -3.07. The van der Waals surface area contributed by atoms with Crippen molar-refractivity contribution < 1.29 is 26.7 Å². The molecule has 0 N–H and O–H groups in total. The van der Waals surface area contributed by atoms with E-state index in [0.717, 1.165) is 5.56 Å². The zero-order valence-corrected chi connectivity index (χ0v) is 14.1. The number of ether oxygens (including phenoxy) is 1. The number of terminal acetylenes is 1. The van der Waals surface area contributed by atoms with E-state index in [2.05, 4.69) is 4.74 Å². The largest absolute Gasteiger partial charge is 0.573 e. The van der Waals surface area contributed by atoms with Crippen molar-refractivity contribution in [1.29, 1.82) is 0 Å². The van der Waals surface area contributed by atoms with Crippen molar-refractivity contribution in [1.82, 2.24) is 0 Å². The number of rotatable bonds is 3. The van der Waals surface area contributed by atoms with Gasteiger partial charge in [-0.15, -0.1) is 19.6 Å². The molecule has 0 spiro atoms. The van der Waals surface area contributed by atoms with Gasteiger partial charge in [0.25, 0.3) is 0 Å². The molecule has 138 valence electrons.